The van der Waals surface area contributed by atoms with Gasteiger partial charge in [0, 0.05) is 11.1 Å². The molecule has 2 N–H and O–H groups in total. The Kier molecular flexibility index (Phi) is 8.72. The quantitative estimate of drug-likeness (QED) is 0.367. The highest BCUT2D eigenvalue weighted by Crippen LogP contribution is 2.22. The standard InChI is InChI=1S/C22H21Cl2N3O3/c1-4-11-30-19-8-6-5-7-16(19)13-25-27-22(29)20(14(2)3)26-21(28)15-9-10-17(23)18(24)12-15/h1,5-10,12-14,20H,11H2,2-3H3,(H,26,28)(H,27,29). The number of carbonyl (C=O) groups is 2. The number of amides is 2. The number of nitrogens with zero attached hydrogens (tertiary/aromatic N) is 1. The summed E-state index contributed by atoms with van der Waals surface area (Å²) in [5.41, 5.74) is 3.39. The third-order valence-electron chi connectivity index (χ3n) is 4.03. The second-order valence-electron chi connectivity index (χ2n) is 6.59. The summed E-state index contributed by atoms with van der Waals surface area (Å²) in [6, 6.07) is 10.8. The van der Waals surface area contributed by atoms with Gasteiger partial charge in [0.15, 0.2) is 0 Å². The molecule has 1 unspecified atom stereocenters. The molecular formula is C22H21Cl2N3O3. The van der Waals surface area contributed by atoms with Crippen LogP contribution in [0.15, 0.2) is 47.6 Å². The Hall–Kier alpha value is -3.01. The molecule has 2 aromatic carbocycles. The molecule has 0 heterocycles. The normalized spacial score (nSPS) is 11.7. The average Bonchev–Trinajstić information content (AvgIpc) is 2.72. The third-order valence-corrected chi connectivity index (χ3v) is 4.76. The Balaban J connectivity index is 2.05. The summed E-state index contributed by atoms with van der Waals surface area (Å²) in [6.45, 7) is 3.74. The van der Waals surface area contributed by atoms with Crippen molar-refractivity contribution in [3.05, 3.63) is 63.6 Å². The maximum Gasteiger partial charge on any atom is 0.262 e. The first-order valence-corrected chi connectivity index (χ1v) is 9.83. The minimum atomic E-state index is -0.808. The van der Waals surface area contributed by atoms with Crippen LogP contribution in [0.25, 0.3) is 0 Å². The predicted molar refractivity (Wildman–Crippen MR) is 119 cm³/mol. The molecule has 8 heteroatoms. The lowest BCUT2D eigenvalue weighted by Crippen LogP contribution is -2.48. The number of hydrogen-bond donors (Lipinski definition) is 2. The number of benzene rings is 2. The molecule has 2 aromatic rings. The Morgan fingerprint density at radius 1 is 1.20 bits per heavy atom. The number of hydrogen-bond acceptors (Lipinski definition) is 4. The third kappa shape index (κ3) is 6.51. The van der Waals surface area contributed by atoms with Crippen molar-refractivity contribution in [2.24, 2.45) is 11.0 Å². The van der Waals surface area contributed by atoms with Crippen LogP contribution in [0.2, 0.25) is 10.0 Å². The number of halogens is 2. The molecule has 0 saturated heterocycles. The lowest BCUT2D eigenvalue weighted by molar-refractivity contribution is -0.123. The second kappa shape index (κ2) is 11.2. The van der Waals surface area contributed by atoms with E-state index in [0.717, 1.165) is 0 Å². The summed E-state index contributed by atoms with van der Waals surface area (Å²) in [5.74, 6) is 1.85. The molecule has 0 spiro atoms. The molecule has 1 atom stereocenters. The fourth-order valence-electron chi connectivity index (χ4n) is 2.47. The first-order chi connectivity index (χ1) is 14.3. The zero-order valence-corrected chi connectivity index (χ0v) is 18.0. The van der Waals surface area contributed by atoms with Crippen LogP contribution in [-0.4, -0.2) is 30.7 Å². The Bertz CT molecular complexity index is 984. The van der Waals surface area contributed by atoms with E-state index in [-0.39, 0.29) is 17.5 Å². The molecule has 0 fully saturated rings. The van der Waals surface area contributed by atoms with Crippen molar-refractivity contribution in [2.45, 2.75) is 19.9 Å². The smallest absolute Gasteiger partial charge is 0.262 e. The number of para-hydroxylation sites is 1. The predicted octanol–water partition coefficient (Wildman–Crippen LogP) is 3.91. The van der Waals surface area contributed by atoms with Crippen molar-refractivity contribution in [1.82, 2.24) is 10.7 Å². The molecule has 0 aliphatic rings. The van der Waals surface area contributed by atoms with Crippen molar-refractivity contribution in [3.63, 3.8) is 0 Å². The van der Waals surface area contributed by atoms with Gasteiger partial charge in [0.05, 0.1) is 16.3 Å². The van der Waals surface area contributed by atoms with Gasteiger partial charge in [-0.25, -0.2) is 5.43 Å². The molecular weight excluding hydrogens is 425 g/mol. The van der Waals surface area contributed by atoms with Gasteiger partial charge >= 0.3 is 0 Å². The summed E-state index contributed by atoms with van der Waals surface area (Å²) in [5, 5.41) is 7.26. The number of carbonyl (C=O) groups excluding carboxylic acids is 2. The maximum absolute atomic E-state index is 12.6. The summed E-state index contributed by atoms with van der Waals surface area (Å²) in [6.07, 6.45) is 6.66. The van der Waals surface area contributed by atoms with E-state index in [1.807, 2.05) is 13.8 Å². The highest BCUT2D eigenvalue weighted by Gasteiger charge is 2.24. The first-order valence-electron chi connectivity index (χ1n) is 9.07. The number of hydrazone groups is 1. The van der Waals surface area contributed by atoms with Crippen LogP contribution in [0.1, 0.15) is 29.8 Å². The van der Waals surface area contributed by atoms with Gasteiger partial charge in [-0.05, 0) is 36.2 Å². The number of ether oxygens (including phenoxy) is 1. The van der Waals surface area contributed by atoms with Crippen LogP contribution in [0, 0.1) is 18.3 Å². The van der Waals surface area contributed by atoms with Gasteiger partial charge < -0.3 is 10.1 Å². The van der Waals surface area contributed by atoms with Crippen molar-refractivity contribution in [3.8, 4) is 18.1 Å². The van der Waals surface area contributed by atoms with E-state index in [0.29, 0.717) is 21.9 Å². The molecule has 0 bridgehead atoms. The van der Waals surface area contributed by atoms with Crippen molar-refractivity contribution in [1.29, 1.82) is 0 Å². The molecule has 0 aliphatic carbocycles. The van der Waals surface area contributed by atoms with Crippen LogP contribution in [0.5, 0.6) is 5.75 Å². The fourth-order valence-corrected chi connectivity index (χ4v) is 2.77. The topological polar surface area (TPSA) is 79.8 Å². The Morgan fingerprint density at radius 3 is 2.60 bits per heavy atom. The van der Waals surface area contributed by atoms with E-state index >= 15 is 0 Å². The lowest BCUT2D eigenvalue weighted by Gasteiger charge is -2.20. The van der Waals surface area contributed by atoms with Gasteiger partial charge in [-0.15, -0.1) is 6.42 Å². The Labute approximate surface area is 185 Å². The molecule has 30 heavy (non-hydrogen) atoms. The van der Waals surface area contributed by atoms with Gasteiger partial charge in [-0.2, -0.15) is 5.10 Å². The molecule has 0 aromatic heterocycles. The van der Waals surface area contributed by atoms with Gasteiger partial charge in [-0.3, -0.25) is 9.59 Å². The highest BCUT2D eigenvalue weighted by atomic mass is 35.5. The van der Waals surface area contributed by atoms with E-state index in [9.17, 15) is 9.59 Å². The van der Waals surface area contributed by atoms with Crippen LogP contribution in [-0.2, 0) is 4.79 Å². The number of nitrogens with one attached hydrogen (secondary N) is 2. The first kappa shape index (κ1) is 23.3. The lowest BCUT2D eigenvalue weighted by atomic mass is 10.0. The van der Waals surface area contributed by atoms with Gasteiger partial charge in [0.25, 0.3) is 11.8 Å². The van der Waals surface area contributed by atoms with Crippen molar-refractivity contribution >= 4 is 41.2 Å². The number of rotatable bonds is 8. The molecule has 6 nitrogen and oxygen atoms in total. The molecule has 2 rings (SSSR count). The SMILES string of the molecule is C#CCOc1ccccc1C=NNC(=O)C(NC(=O)c1ccc(Cl)c(Cl)c1)C(C)C. The van der Waals surface area contributed by atoms with Crippen LogP contribution in [0.3, 0.4) is 0 Å². The largest absolute Gasteiger partial charge is 0.480 e. The molecule has 156 valence electrons. The second-order valence-corrected chi connectivity index (χ2v) is 7.40. The van der Waals surface area contributed by atoms with E-state index in [2.05, 4.69) is 21.8 Å². The molecule has 0 radical (unpaired) electrons. The van der Waals surface area contributed by atoms with E-state index in [1.54, 1.807) is 24.3 Å². The monoisotopic (exact) mass is 445 g/mol. The minimum absolute atomic E-state index is 0.118. The fraction of sp³-hybridized carbons (Fsp3) is 0.227. The van der Waals surface area contributed by atoms with Crippen LogP contribution in [0.4, 0.5) is 0 Å². The van der Waals surface area contributed by atoms with Crippen LogP contribution >= 0.6 is 23.2 Å². The zero-order valence-electron chi connectivity index (χ0n) is 16.5. The minimum Gasteiger partial charge on any atom is -0.480 e. The zero-order chi connectivity index (χ0) is 22.1. The summed E-state index contributed by atoms with van der Waals surface area (Å²) >= 11 is 11.8. The van der Waals surface area contributed by atoms with E-state index in [4.69, 9.17) is 34.4 Å². The average molecular weight is 446 g/mol. The van der Waals surface area contributed by atoms with Crippen molar-refractivity contribution < 1.29 is 14.3 Å². The summed E-state index contributed by atoms with van der Waals surface area (Å²) in [7, 11) is 0. The van der Waals surface area contributed by atoms with Crippen molar-refractivity contribution in [2.75, 3.05) is 6.61 Å². The van der Waals surface area contributed by atoms with Gasteiger partial charge in [0.1, 0.15) is 18.4 Å². The molecule has 0 aliphatic heterocycles. The maximum atomic E-state index is 12.6. The van der Waals surface area contributed by atoms with Gasteiger partial charge in [-0.1, -0.05) is 55.1 Å². The number of terminal acetylenes is 1. The summed E-state index contributed by atoms with van der Waals surface area (Å²) in [4.78, 5) is 25.1. The van der Waals surface area contributed by atoms with E-state index < -0.39 is 17.9 Å². The van der Waals surface area contributed by atoms with Crippen LogP contribution < -0.4 is 15.5 Å². The highest BCUT2D eigenvalue weighted by molar-refractivity contribution is 6.42. The van der Waals surface area contributed by atoms with Gasteiger partial charge in [0.2, 0.25) is 0 Å². The molecule has 0 saturated carbocycles. The van der Waals surface area contributed by atoms with E-state index in [1.165, 1.54) is 24.4 Å². The summed E-state index contributed by atoms with van der Waals surface area (Å²) < 4.78 is 5.43. The molecule has 2 amide bonds. The Morgan fingerprint density at radius 2 is 1.93 bits per heavy atom.